The molecule has 0 aliphatic rings. The molecule has 0 fully saturated rings. The van der Waals surface area contributed by atoms with Crippen molar-refractivity contribution in [3.63, 3.8) is 0 Å². The molecule has 0 aliphatic heterocycles. The van der Waals surface area contributed by atoms with Crippen LogP contribution >= 0.6 is 11.3 Å². The van der Waals surface area contributed by atoms with Gasteiger partial charge in [-0.15, -0.1) is 11.3 Å². The fourth-order valence-electron chi connectivity index (χ4n) is 1.43. The molecule has 1 aromatic rings. The number of amides is 1. The molecule has 2 unspecified atom stereocenters. The molecular weight excluding hydrogens is 252 g/mol. The molecule has 18 heavy (non-hydrogen) atoms. The lowest BCUT2D eigenvalue weighted by molar-refractivity contribution is -0.126. The molecular formula is C12H18N2O3S. The summed E-state index contributed by atoms with van der Waals surface area (Å²) < 4.78 is 0. The number of carbonyl (C=O) groups is 2. The maximum absolute atomic E-state index is 11.8. The smallest absolute Gasteiger partial charge is 0.355 e. The second-order valence-electron chi connectivity index (χ2n) is 4.32. The van der Waals surface area contributed by atoms with E-state index in [0.29, 0.717) is 10.9 Å². The number of thiazole rings is 1. The largest absolute Gasteiger partial charge is 0.476 e. The Labute approximate surface area is 110 Å². The van der Waals surface area contributed by atoms with Crippen LogP contribution in [0.2, 0.25) is 0 Å². The van der Waals surface area contributed by atoms with Crippen molar-refractivity contribution in [2.75, 3.05) is 0 Å². The van der Waals surface area contributed by atoms with Gasteiger partial charge in [0.1, 0.15) is 5.01 Å². The van der Waals surface area contributed by atoms with Crippen LogP contribution in [-0.4, -0.2) is 22.0 Å². The summed E-state index contributed by atoms with van der Waals surface area (Å²) in [7, 11) is 0. The zero-order valence-electron chi connectivity index (χ0n) is 10.8. The third kappa shape index (κ3) is 3.80. The van der Waals surface area contributed by atoms with Crippen LogP contribution in [0.4, 0.5) is 0 Å². The van der Waals surface area contributed by atoms with Crippen molar-refractivity contribution in [3.05, 3.63) is 16.1 Å². The summed E-state index contributed by atoms with van der Waals surface area (Å²) in [6, 6.07) is 0. The quantitative estimate of drug-likeness (QED) is 0.830. The second-order valence-corrected chi connectivity index (χ2v) is 5.27. The zero-order valence-corrected chi connectivity index (χ0v) is 11.6. The first-order valence-electron chi connectivity index (χ1n) is 5.91. The van der Waals surface area contributed by atoms with Gasteiger partial charge in [0.05, 0.1) is 6.54 Å². The van der Waals surface area contributed by atoms with Crippen LogP contribution in [0.5, 0.6) is 0 Å². The van der Waals surface area contributed by atoms with Crippen molar-refractivity contribution in [2.24, 2.45) is 11.8 Å². The van der Waals surface area contributed by atoms with E-state index in [1.807, 2.05) is 13.8 Å². The zero-order chi connectivity index (χ0) is 13.7. The lowest BCUT2D eigenvalue weighted by atomic mass is 9.93. The van der Waals surface area contributed by atoms with Crippen LogP contribution in [-0.2, 0) is 11.3 Å². The van der Waals surface area contributed by atoms with Crippen molar-refractivity contribution < 1.29 is 14.7 Å². The van der Waals surface area contributed by atoms with E-state index in [1.165, 1.54) is 16.7 Å². The number of carboxylic acid groups (broad SMARTS) is 1. The summed E-state index contributed by atoms with van der Waals surface area (Å²) in [6.45, 7) is 6.27. The van der Waals surface area contributed by atoms with Gasteiger partial charge in [0.25, 0.3) is 0 Å². The van der Waals surface area contributed by atoms with E-state index in [2.05, 4.69) is 17.2 Å². The van der Waals surface area contributed by atoms with E-state index >= 15 is 0 Å². The van der Waals surface area contributed by atoms with Crippen LogP contribution in [0.25, 0.3) is 0 Å². The van der Waals surface area contributed by atoms with Crippen molar-refractivity contribution in [3.8, 4) is 0 Å². The van der Waals surface area contributed by atoms with E-state index in [4.69, 9.17) is 5.11 Å². The highest BCUT2D eigenvalue weighted by molar-refractivity contribution is 7.09. The highest BCUT2D eigenvalue weighted by Gasteiger charge is 2.18. The number of hydrogen-bond donors (Lipinski definition) is 2. The molecule has 0 bridgehead atoms. The predicted molar refractivity (Wildman–Crippen MR) is 69.5 cm³/mol. The minimum atomic E-state index is -1.04. The van der Waals surface area contributed by atoms with Crippen LogP contribution < -0.4 is 5.32 Å². The number of nitrogens with one attached hydrogen (secondary N) is 1. The molecule has 6 heteroatoms. The van der Waals surface area contributed by atoms with E-state index in [9.17, 15) is 9.59 Å². The molecule has 1 amide bonds. The average Bonchev–Trinajstić information content (AvgIpc) is 2.82. The highest BCUT2D eigenvalue weighted by Crippen LogP contribution is 2.15. The monoisotopic (exact) mass is 270 g/mol. The Morgan fingerprint density at radius 1 is 1.50 bits per heavy atom. The van der Waals surface area contributed by atoms with Gasteiger partial charge in [-0.2, -0.15) is 0 Å². The Kier molecular flexibility index (Phi) is 5.27. The Morgan fingerprint density at radius 3 is 2.67 bits per heavy atom. The van der Waals surface area contributed by atoms with Gasteiger partial charge in [-0.3, -0.25) is 4.79 Å². The SMILES string of the molecule is CCC(C)C(C)C(=O)NCc1nc(C(=O)O)cs1. The Hall–Kier alpha value is -1.43. The minimum absolute atomic E-state index is 0.0172. The summed E-state index contributed by atoms with van der Waals surface area (Å²) in [6.07, 6.45) is 0.953. The topological polar surface area (TPSA) is 79.3 Å². The average molecular weight is 270 g/mol. The van der Waals surface area contributed by atoms with Crippen molar-refractivity contribution in [1.29, 1.82) is 0 Å². The molecule has 0 saturated heterocycles. The molecule has 1 rings (SSSR count). The maximum Gasteiger partial charge on any atom is 0.355 e. The van der Waals surface area contributed by atoms with Crippen LogP contribution in [0, 0.1) is 11.8 Å². The van der Waals surface area contributed by atoms with Gasteiger partial charge in [0.2, 0.25) is 5.91 Å². The molecule has 1 aromatic heterocycles. The van der Waals surface area contributed by atoms with Gasteiger partial charge in [0, 0.05) is 11.3 Å². The van der Waals surface area contributed by atoms with Crippen LogP contribution in [0.15, 0.2) is 5.38 Å². The fourth-order valence-corrected chi connectivity index (χ4v) is 2.13. The number of nitrogens with zero attached hydrogens (tertiary/aromatic N) is 1. The van der Waals surface area contributed by atoms with Crippen LogP contribution in [0.3, 0.4) is 0 Å². The Morgan fingerprint density at radius 2 is 2.17 bits per heavy atom. The highest BCUT2D eigenvalue weighted by atomic mass is 32.1. The van der Waals surface area contributed by atoms with E-state index in [-0.39, 0.29) is 24.1 Å². The lowest BCUT2D eigenvalue weighted by Gasteiger charge is -2.17. The minimum Gasteiger partial charge on any atom is -0.476 e. The number of rotatable bonds is 6. The lowest BCUT2D eigenvalue weighted by Crippen LogP contribution is -2.32. The van der Waals surface area contributed by atoms with E-state index in [1.54, 1.807) is 0 Å². The van der Waals surface area contributed by atoms with Gasteiger partial charge in [-0.1, -0.05) is 27.2 Å². The maximum atomic E-state index is 11.8. The van der Waals surface area contributed by atoms with E-state index in [0.717, 1.165) is 6.42 Å². The predicted octanol–water partition coefficient (Wildman–Crippen LogP) is 2.14. The van der Waals surface area contributed by atoms with Crippen molar-refractivity contribution >= 4 is 23.2 Å². The molecule has 0 spiro atoms. The molecule has 1 heterocycles. The van der Waals surface area contributed by atoms with E-state index < -0.39 is 5.97 Å². The molecule has 0 aliphatic carbocycles. The summed E-state index contributed by atoms with van der Waals surface area (Å²) in [4.78, 5) is 26.4. The normalized spacial score (nSPS) is 13.9. The Balaban J connectivity index is 2.49. The molecule has 0 saturated carbocycles. The number of aromatic nitrogens is 1. The number of carboxylic acids is 1. The molecule has 0 aromatic carbocycles. The fraction of sp³-hybridized carbons (Fsp3) is 0.583. The van der Waals surface area contributed by atoms with Gasteiger partial charge in [-0.25, -0.2) is 9.78 Å². The molecule has 5 nitrogen and oxygen atoms in total. The molecule has 100 valence electrons. The Bertz CT molecular complexity index is 431. The van der Waals surface area contributed by atoms with Crippen molar-refractivity contribution in [1.82, 2.24) is 10.3 Å². The van der Waals surface area contributed by atoms with Gasteiger partial charge < -0.3 is 10.4 Å². The second kappa shape index (κ2) is 6.49. The molecule has 2 N–H and O–H groups in total. The summed E-state index contributed by atoms with van der Waals surface area (Å²) in [5, 5.41) is 13.6. The number of aromatic carboxylic acids is 1. The molecule has 2 atom stereocenters. The number of hydrogen-bond acceptors (Lipinski definition) is 4. The summed E-state index contributed by atoms with van der Waals surface area (Å²) in [5.41, 5.74) is 0.0271. The van der Waals surface area contributed by atoms with Crippen molar-refractivity contribution in [2.45, 2.75) is 33.7 Å². The van der Waals surface area contributed by atoms with Crippen LogP contribution in [0.1, 0.15) is 42.7 Å². The first kappa shape index (κ1) is 14.6. The van der Waals surface area contributed by atoms with Gasteiger partial charge in [-0.05, 0) is 5.92 Å². The summed E-state index contributed by atoms with van der Waals surface area (Å²) >= 11 is 1.24. The van der Waals surface area contributed by atoms with Gasteiger partial charge >= 0.3 is 5.97 Å². The third-order valence-corrected chi connectivity index (χ3v) is 3.94. The molecule has 0 radical (unpaired) electrons. The van der Waals surface area contributed by atoms with Gasteiger partial charge in [0.15, 0.2) is 5.69 Å². The standard InChI is InChI=1S/C12H18N2O3S/c1-4-7(2)8(3)11(15)13-5-10-14-9(6-18-10)12(16)17/h6-8H,4-5H2,1-3H3,(H,13,15)(H,16,17). The first-order valence-corrected chi connectivity index (χ1v) is 6.79. The third-order valence-electron chi connectivity index (χ3n) is 3.10. The summed E-state index contributed by atoms with van der Waals surface area (Å²) in [5.74, 6) is -0.780. The first-order chi connectivity index (χ1) is 8.45. The number of carbonyl (C=O) groups excluding carboxylic acids is 1.